The van der Waals surface area contributed by atoms with Gasteiger partial charge in [0.2, 0.25) is 0 Å². The van der Waals surface area contributed by atoms with Gasteiger partial charge in [-0.25, -0.2) is 9.67 Å². The number of carbonyl (C=O) groups is 2. The van der Waals surface area contributed by atoms with E-state index in [-0.39, 0.29) is 11.8 Å². The molecule has 38 heavy (non-hydrogen) atoms. The Kier molecular flexibility index (Phi) is 6.38. The van der Waals surface area contributed by atoms with Crippen molar-refractivity contribution in [2.75, 3.05) is 18.4 Å². The van der Waals surface area contributed by atoms with Gasteiger partial charge in [-0.3, -0.25) is 9.59 Å². The first-order chi connectivity index (χ1) is 18.5. The number of amides is 2. The standard InChI is InChI=1S/C28H25N7O2S/c1-18-15-25(35(32-18)23-5-3-2-4-6-23)26(36)30-22-9-7-19(8-10-22)20-11-13-34(14-12-20)28(37)21-16-24-27(29-17-21)38-33-31-24/h2-10,15-17,20H,11-14H2,1H3,(H,30,36). The highest BCUT2D eigenvalue weighted by molar-refractivity contribution is 7.12. The molecule has 3 aromatic heterocycles. The fraction of sp³-hybridized carbons (Fsp3) is 0.214. The molecule has 0 spiro atoms. The van der Waals surface area contributed by atoms with Crippen LogP contribution in [0.3, 0.4) is 0 Å². The Morgan fingerprint density at radius 2 is 1.76 bits per heavy atom. The number of piperidine rings is 1. The van der Waals surface area contributed by atoms with Crippen LogP contribution in [0.2, 0.25) is 0 Å². The Morgan fingerprint density at radius 1 is 1.00 bits per heavy atom. The van der Waals surface area contributed by atoms with Gasteiger partial charge in [0.1, 0.15) is 11.2 Å². The molecule has 1 fully saturated rings. The second-order valence-electron chi connectivity index (χ2n) is 9.38. The number of anilines is 1. The van der Waals surface area contributed by atoms with Gasteiger partial charge < -0.3 is 10.2 Å². The number of nitrogens with one attached hydrogen (secondary N) is 1. The molecule has 1 aliphatic heterocycles. The van der Waals surface area contributed by atoms with Crippen LogP contribution in [-0.4, -0.2) is 54.2 Å². The summed E-state index contributed by atoms with van der Waals surface area (Å²) in [6.07, 6.45) is 3.36. The van der Waals surface area contributed by atoms with Gasteiger partial charge >= 0.3 is 0 Å². The van der Waals surface area contributed by atoms with E-state index >= 15 is 0 Å². The van der Waals surface area contributed by atoms with Crippen molar-refractivity contribution < 1.29 is 9.59 Å². The summed E-state index contributed by atoms with van der Waals surface area (Å²) in [4.78, 5) is 33.0. The van der Waals surface area contributed by atoms with Gasteiger partial charge in [-0.05, 0) is 67.6 Å². The molecule has 2 aromatic carbocycles. The van der Waals surface area contributed by atoms with Gasteiger partial charge in [-0.15, -0.1) is 5.10 Å². The number of aromatic nitrogens is 5. The summed E-state index contributed by atoms with van der Waals surface area (Å²) in [6.45, 7) is 3.23. The quantitative estimate of drug-likeness (QED) is 0.353. The normalized spacial score (nSPS) is 14.1. The largest absolute Gasteiger partial charge is 0.339 e. The van der Waals surface area contributed by atoms with Crippen molar-refractivity contribution in [2.24, 2.45) is 0 Å². The smallest absolute Gasteiger partial charge is 0.274 e. The number of nitrogens with zero attached hydrogens (tertiary/aromatic N) is 6. The SMILES string of the molecule is Cc1cc(C(=O)Nc2ccc(C3CCN(C(=O)c4cnc5snnc5c4)CC3)cc2)n(-c2ccccc2)n1. The lowest BCUT2D eigenvalue weighted by Gasteiger charge is -2.32. The van der Waals surface area contributed by atoms with E-state index in [9.17, 15) is 9.59 Å². The van der Waals surface area contributed by atoms with Gasteiger partial charge in [0.15, 0.2) is 4.83 Å². The predicted octanol–water partition coefficient (Wildman–Crippen LogP) is 4.85. The zero-order valence-electron chi connectivity index (χ0n) is 20.7. The van der Waals surface area contributed by atoms with E-state index in [4.69, 9.17) is 0 Å². The second-order valence-corrected chi connectivity index (χ2v) is 10.1. The molecule has 1 aliphatic rings. The number of aryl methyl sites for hydroxylation is 1. The molecule has 0 unspecified atom stereocenters. The van der Waals surface area contributed by atoms with Gasteiger partial charge in [0, 0.05) is 36.5 Å². The third-order valence-corrected chi connectivity index (χ3v) is 7.49. The monoisotopic (exact) mass is 523 g/mol. The predicted molar refractivity (Wildman–Crippen MR) is 146 cm³/mol. The fourth-order valence-corrected chi connectivity index (χ4v) is 5.36. The molecule has 0 aliphatic carbocycles. The lowest BCUT2D eigenvalue weighted by molar-refractivity contribution is 0.0712. The highest BCUT2D eigenvalue weighted by Crippen LogP contribution is 2.30. The van der Waals surface area contributed by atoms with Gasteiger partial charge in [0.25, 0.3) is 11.8 Å². The van der Waals surface area contributed by atoms with Crippen LogP contribution in [-0.2, 0) is 0 Å². The van der Waals surface area contributed by atoms with Crippen LogP contribution in [0.25, 0.3) is 16.0 Å². The Hall–Kier alpha value is -4.44. The molecule has 1 N–H and O–H groups in total. The minimum atomic E-state index is -0.213. The van der Waals surface area contributed by atoms with Crippen molar-refractivity contribution in [1.29, 1.82) is 0 Å². The molecule has 4 heterocycles. The Labute approximate surface area is 223 Å². The van der Waals surface area contributed by atoms with E-state index in [1.54, 1.807) is 23.0 Å². The molecular weight excluding hydrogens is 498 g/mol. The third kappa shape index (κ3) is 4.78. The maximum Gasteiger partial charge on any atom is 0.274 e. The highest BCUT2D eigenvalue weighted by Gasteiger charge is 2.25. The Balaban J connectivity index is 1.08. The van der Waals surface area contributed by atoms with Gasteiger partial charge in [-0.1, -0.05) is 34.8 Å². The van der Waals surface area contributed by atoms with Crippen molar-refractivity contribution in [3.63, 3.8) is 0 Å². The minimum Gasteiger partial charge on any atom is -0.339 e. The zero-order valence-corrected chi connectivity index (χ0v) is 21.6. The van der Waals surface area contributed by atoms with E-state index in [1.807, 2.05) is 54.3 Å². The number of carbonyl (C=O) groups excluding carboxylic acids is 2. The molecule has 1 saturated heterocycles. The highest BCUT2D eigenvalue weighted by atomic mass is 32.1. The average molecular weight is 524 g/mol. The topological polar surface area (TPSA) is 106 Å². The van der Waals surface area contributed by atoms with Crippen LogP contribution in [0, 0.1) is 6.92 Å². The number of hydrogen-bond acceptors (Lipinski definition) is 7. The van der Waals surface area contributed by atoms with E-state index in [1.165, 1.54) is 17.1 Å². The first-order valence-electron chi connectivity index (χ1n) is 12.5. The van der Waals surface area contributed by atoms with Gasteiger partial charge in [-0.2, -0.15) is 5.10 Å². The number of para-hydroxylation sites is 1. The minimum absolute atomic E-state index is 0.0195. The molecular formula is C28H25N7O2S. The molecule has 2 amide bonds. The first kappa shape index (κ1) is 23.9. The summed E-state index contributed by atoms with van der Waals surface area (Å²) >= 11 is 1.22. The van der Waals surface area contributed by atoms with Crippen LogP contribution in [0.5, 0.6) is 0 Å². The number of pyridine rings is 1. The van der Waals surface area contributed by atoms with E-state index < -0.39 is 0 Å². The first-order valence-corrected chi connectivity index (χ1v) is 13.2. The lowest BCUT2D eigenvalue weighted by Crippen LogP contribution is -2.38. The summed E-state index contributed by atoms with van der Waals surface area (Å²) < 4.78 is 5.55. The van der Waals surface area contributed by atoms with Crippen molar-refractivity contribution in [3.05, 3.63) is 95.4 Å². The molecule has 9 nitrogen and oxygen atoms in total. The maximum atomic E-state index is 13.1. The van der Waals surface area contributed by atoms with Crippen molar-refractivity contribution in [1.82, 2.24) is 29.3 Å². The molecule has 5 aromatic rings. The van der Waals surface area contributed by atoms with Crippen LogP contribution in [0.15, 0.2) is 72.9 Å². The van der Waals surface area contributed by atoms with Gasteiger partial charge in [0.05, 0.1) is 16.9 Å². The second kappa shape index (κ2) is 10.1. The summed E-state index contributed by atoms with van der Waals surface area (Å²) in [5, 5.41) is 11.5. The number of likely N-dealkylation sites (tertiary alicyclic amines) is 1. The average Bonchev–Trinajstić information content (AvgIpc) is 3.60. The lowest BCUT2D eigenvalue weighted by atomic mass is 9.89. The van der Waals surface area contributed by atoms with Crippen LogP contribution >= 0.6 is 11.5 Å². The van der Waals surface area contributed by atoms with Crippen molar-refractivity contribution >= 4 is 39.4 Å². The van der Waals surface area contributed by atoms with Crippen molar-refractivity contribution in [3.8, 4) is 5.69 Å². The molecule has 10 heteroatoms. The molecule has 6 rings (SSSR count). The summed E-state index contributed by atoms with van der Waals surface area (Å²) in [5.41, 5.74) is 5.23. The summed E-state index contributed by atoms with van der Waals surface area (Å²) in [7, 11) is 0. The van der Waals surface area contributed by atoms with Crippen molar-refractivity contribution in [2.45, 2.75) is 25.7 Å². The number of rotatable bonds is 5. The molecule has 0 atom stereocenters. The number of hydrogen-bond donors (Lipinski definition) is 1. The van der Waals surface area contributed by atoms with E-state index in [2.05, 4.69) is 37.1 Å². The third-order valence-electron chi connectivity index (χ3n) is 6.84. The van der Waals surface area contributed by atoms with E-state index in [0.717, 1.165) is 34.7 Å². The number of benzene rings is 2. The van der Waals surface area contributed by atoms with Crippen LogP contribution in [0.4, 0.5) is 5.69 Å². The number of fused-ring (bicyclic) bond motifs is 1. The van der Waals surface area contributed by atoms with Crippen LogP contribution in [0.1, 0.15) is 50.9 Å². The Morgan fingerprint density at radius 3 is 2.53 bits per heavy atom. The molecule has 0 saturated carbocycles. The molecule has 0 radical (unpaired) electrons. The van der Waals surface area contributed by atoms with Crippen LogP contribution < -0.4 is 5.32 Å². The fourth-order valence-electron chi connectivity index (χ4n) is 4.86. The molecule has 190 valence electrons. The summed E-state index contributed by atoms with van der Waals surface area (Å²) in [6, 6.07) is 21.2. The maximum absolute atomic E-state index is 13.1. The summed E-state index contributed by atoms with van der Waals surface area (Å²) in [5.74, 6) is 0.123. The Bertz CT molecular complexity index is 1600. The molecule has 0 bridgehead atoms. The van der Waals surface area contributed by atoms with E-state index in [0.29, 0.717) is 35.8 Å². The zero-order chi connectivity index (χ0) is 26.1.